The van der Waals surface area contributed by atoms with Gasteiger partial charge in [-0.15, -0.1) is 0 Å². The molecule has 0 aliphatic carbocycles. The maximum Gasteiger partial charge on any atom is 0.243 e. The summed E-state index contributed by atoms with van der Waals surface area (Å²) in [7, 11) is -3.52. The highest BCUT2D eigenvalue weighted by atomic mass is 35.5. The first-order chi connectivity index (χ1) is 12.4. The fourth-order valence-electron chi connectivity index (χ4n) is 2.82. The predicted octanol–water partition coefficient (Wildman–Crippen LogP) is 2.35. The average molecular weight is 397 g/mol. The lowest BCUT2D eigenvalue weighted by Gasteiger charge is -2.34. The second kappa shape index (κ2) is 7.77. The average Bonchev–Trinajstić information content (AvgIpc) is 2.62. The number of nitrogens with zero attached hydrogens (tertiary/aromatic N) is 4. The normalized spacial score (nSPS) is 15.9. The molecular weight excluding hydrogens is 376 g/mol. The van der Waals surface area contributed by atoms with Crippen LogP contribution in [0.5, 0.6) is 5.88 Å². The van der Waals surface area contributed by atoms with E-state index >= 15 is 0 Å². The Morgan fingerprint density at radius 2 is 1.77 bits per heavy atom. The van der Waals surface area contributed by atoms with Gasteiger partial charge < -0.3 is 9.64 Å². The fraction of sp³-hybridized carbons (Fsp3) is 0.412. The Balaban J connectivity index is 1.72. The molecule has 1 fully saturated rings. The molecule has 0 N–H and O–H groups in total. The van der Waals surface area contributed by atoms with Gasteiger partial charge in [0.15, 0.2) is 0 Å². The van der Waals surface area contributed by atoms with Gasteiger partial charge in [-0.25, -0.2) is 13.4 Å². The van der Waals surface area contributed by atoms with Gasteiger partial charge in [-0.3, -0.25) is 0 Å². The largest absolute Gasteiger partial charge is 0.478 e. The number of rotatable bonds is 5. The molecule has 0 radical (unpaired) electrons. The van der Waals surface area contributed by atoms with Crippen molar-refractivity contribution >= 4 is 27.4 Å². The van der Waals surface area contributed by atoms with Crippen LogP contribution >= 0.6 is 11.6 Å². The van der Waals surface area contributed by atoms with Crippen molar-refractivity contribution in [3.63, 3.8) is 0 Å². The number of halogens is 1. The van der Waals surface area contributed by atoms with E-state index in [0.29, 0.717) is 49.5 Å². The molecule has 1 aromatic carbocycles. The zero-order chi connectivity index (χ0) is 18.7. The summed E-state index contributed by atoms with van der Waals surface area (Å²) < 4.78 is 32.5. The van der Waals surface area contributed by atoms with Crippen LogP contribution in [0.2, 0.25) is 5.02 Å². The first-order valence-corrected chi connectivity index (χ1v) is 10.2. The van der Waals surface area contributed by atoms with Crippen molar-refractivity contribution in [3.8, 4) is 5.88 Å². The minimum atomic E-state index is -3.52. The van der Waals surface area contributed by atoms with Gasteiger partial charge in [0, 0.05) is 37.3 Å². The molecule has 140 valence electrons. The minimum absolute atomic E-state index is 0.256. The van der Waals surface area contributed by atoms with Gasteiger partial charge in [0.2, 0.25) is 15.9 Å². The molecule has 26 heavy (non-hydrogen) atoms. The molecule has 0 spiro atoms. The Morgan fingerprint density at radius 1 is 1.12 bits per heavy atom. The molecule has 0 saturated carbocycles. The second-order valence-electron chi connectivity index (χ2n) is 5.89. The molecule has 1 aliphatic heterocycles. The molecular formula is C17H21ClN4O3S. The van der Waals surface area contributed by atoms with E-state index < -0.39 is 10.0 Å². The SMILES string of the molecule is CCOc1cc(N2CCN(S(=O)(=O)c3ccc(Cl)cc3)CC2)nc(C)n1. The number of aromatic nitrogens is 2. The summed E-state index contributed by atoms with van der Waals surface area (Å²) in [5.74, 6) is 1.91. The molecule has 3 rings (SSSR count). The van der Waals surface area contributed by atoms with Gasteiger partial charge in [0.25, 0.3) is 0 Å². The topological polar surface area (TPSA) is 75.6 Å². The highest BCUT2D eigenvalue weighted by molar-refractivity contribution is 7.89. The third-order valence-electron chi connectivity index (χ3n) is 4.11. The Labute approximate surface area is 158 Å². The number of aryl methyl sites for hydroxylation is 1. The summed E-state index contributed by atoms with van der Waals surface area (Å²) in [6.07, 6.45) is 0. The van der Waals surface area contributed by atoms with Gasteiger partial charge in [-0.05, 0) is 38.1 Å². The van der Waals surface area contributed by atoms with E-state index in [2.05, 4.69) is 9.97 Å². The quantitative estimate of drug-likeness (QED) is 0.772. The molecule has 1 saturated heterocycles. The highest BCUT2D eigenvalue weighted by Crippen LogP contribution is 2.23. The maximum atomic E-state index is 12.8. The monoisotopic (exact) mass is 396 g/mol. The van der Waals surface area contributed by atoms with E-state index in [9.17, 15) is 8.42 Å². The van der Waals surface area contributed by atoms with Crippen LogP contribution in [0.3, 0.4) is 0 Å². The smallest absolute Gasteiger partial charge is 0.243 e. The fourth-order valence-corrected chi connectivity index (χ4v) is 4.37. The molecule has 0 amide bonds. The third-order valence-corrected chi connectivity index (χ3v) is 6.27. The second-order valence-corrected chi connectivity index (χ2v) is 8.26. The summed E-state index contributed by atoms with van der Waals surface area (Å²) in [5, 5.41) is 0.512. The first kappa shape index (κ1) is 18.9. The molecule has 0 unspecified atom stereocenters. The molecule has 1 aliphatic rings. The lowest BCUT2D eigenvalue weighted by molar-refractivity contribution is 0.325. The van der Waals surface area contributed by atoms with Crippen LogP contribution in [-0.4, -0.2) is 55.5 Å². The van der Waals surface area contributed by atoms with E-state index in [1.54, 1.807) is 18.2 Å². The van der Waals surface area contributed by atoms with Crippen LogP contribution in [0.1, 0.15) is 12.7 Å². The summed E-state index contributed by atoms with van der Waals surface area (Å²) >= 11 is 5.85. The lowest BCUT2D eigenvalue weighted by atomic mass is 10.3. The van der Waals surface area contributed by atoms with Crippen molar-refractivity contribution in [2.24, 2.45) is 0 Å². The molecule has 0 atom stereocenters. The van der Waals surface area contributed by atoms with E-state index in [-0.39, 0.29) is 4.90 Å². The Hall–Kier alpha value is -1.90. The predicted molar refractivity (Wildman–Crippen MR) is 100 cm³/mol. The number of sulfonamides is 1. The Bertz CT molecular complexity index is 866. The number of benzene rings is 1. The van der Waals surface area contributed by atoms with E-state index in [4.69, 9.17) is 16.3 Å². The Morgan fingerprint density at radius 3 is 2.38 bits per heavy atom. The standard InChI is InChI=1S/C17H21ClN4O3S/c1-3-25-17-12-16(19-13(2)20-17)21-8-10-22(11-9-21)26(23,24)15-6-4-14(18)5-7-15/h4-7,12H,3,8-11H2,1-2H3. The van der Waals surface area contributed by atoms with Crippen molar-refractivity contribution in [2.45, 2.75) is 18.7 Å². The van der Waals surface area contributed by atoms with Gasteiger partial charge in [-0.1, -0.05) is 11.6 Å². The van der Waals surface area contributed by atoms with Gasteiger partial charge in [0.05, 0.1) is 11.5 Å². The number of piperazine rings is 1. The molecule has 2 aromatic rings. The zero-order valence-electron chi connectivity index (χ0n) is 14.7. The van der Waals surface area contributed by atoms with Crippen molar-refractivity contribution in [1.29, 1.82) is 0 Å². The van der Waals surface area contributed by atoms with Crippen molar-refractivity contribution in [2.75, 3.05) is 37.7 Å². The van der Waals surface area contributed by atoms with Crippen LogP contribution < -0.4 is 9.64 Å². The number of hydrogen-bond donors (Lipinski definition) is 0. The summed E-state index contributed by atoms with van der Waals surface area (Å²) in [5.41, 5.74) is 0. The molecule has 2 heterocycles. The van der Waals surface area contributed by atoms with Crippen LogP contribution in [-0.2, 0) is 10.0 Å². The summed E-state index contributed by atoms with van der Waals surface area (Å²) in [6.45, 7) is 6.12. The molecule has 1 aromatic heterocycles. The van der Waals surface area contributed by atoms with Gasteiger partial charge >= 0.3 is 0 Å². The lowest BCUT2D eigenvalue weighted by Crippen LogP contribution is -2.49. The van der Waals surface area contributed by atoms with E-state index in [0.717, 1.165) is 5.82 Å². The van der Waals surface area contributed by atoms with Crippen LogP contribution in [0, 0.1) is 6.92 Å². The first-order valence-electron chi connectivity index (χ1n) is 8.39. The van der Waals surface area contributed by atoms with Crippen molar-refractivity contribution in [1.82, 2.24) is 14.3 Å². The number of hydrogen-bond acceptors (Lipinski definition) is 6. The Kier molecular flexibility index (Phi) is 5.64. The van der Waals surface area contributed by atoms with Crippen molar-refractivity contribution in [3.05, 3.63) is 41.2 Å². The van der Waals surface area contributed by atoms with Gasteiger partial charge in [0.1, 0.15) is 11.6 Å². The molecule has 7 nitrogen and oxygen atoms in total. The number of ether oxygens (including phenoxy) is 1. The summed E-state index contributed by atoms with van der Waals surface area (Å²) in [4.78, 5) is 11.0. The zero-order valence-corrected chi connectivity index (χ0v) is 16.3. The highest BCUT2D eigenvalue weighted by Gasteiger charge is 2.29. The third kappa shape index (κ3) is 4.08. The molecule has 9 heteroatoms. The van der Waals surface area contributed by atoms with Crippen molar-refractivity contribution < 1.29 is 13.2 Å². The van der Waals surface area contributed by atoms with Gasteiger partial charge in [-0.2, -0.15) is 9.29 Å². The summed E-state index contributed by atoms with van der Waals surface area (Å²) in [6, 6.07) is 8.03. The van der Waals surface area contributed by atoms with E-state index in [1.807, 2.05) is 18.7 Å². The van der Waals surface area contributed by atoms with Crippen LogP contribution in [0.15, 0.2) is 35.2 Å². The van der Waals surface area contributed by atoms with Crippen LogP contribution in [0.4, 0.5) is 5.82 Å². The minimum Gasteiger partial charge on any atom is -0.478 e. The van der Waals surface area contributed by atoms with Crippen LogP contribution in [0.25, 0.3) is 0 Å². The maximum absolute atomic E-state index is 12.8. The van der Waals surface area contributed by atoms with E-state index in [1.165, 1.54) is 16.4 Å². The molecule has 0 bridgehead atoms. The number of anilines is 1.